The summed E-state index contributed by atoms with van der Waals surface area (Å²) in [4.78, 5) is 12.2. The monoisotopic (exact) mass is 214 g/mol. The first-order valence-electron chi connectivity index (χ1n) is 5.56. The fourth-order valence-electron chi connectivity index (χ4n) is 1.94. The lowest BCUT2D eigenvalue weighted by molar-refractivity contribution is -0.156. The second-order valence-corrected chi connectivity index (χ2v) is 5.58. The lowest BCUT2D eigenvalue weighted by Gasteiger charge is -2.34. The lowest BCUT2D eigenvalue weighted by Crippen LogP contribution is -2.50. The number of methoxy groups -OCH3 is 1. The number of hydrogen-bond acceptors (Lipinski definition) is 3. The van der Waals surface area contributed by atoms with Gasteiger partial charge in [0, 0.05) is 12.5 Å². The van der Waals surface area contributed by atoms with Crippen molar-refractivity contribution in [2.24, 2.45) is 11.3 Å². The maximum Gasteiger partial charge on any atom is 0.172 e. The van der Waals surface area contributed by atoms with Gasteiger partial charge in [-0.3, -0.25) is 4.79 Å². The van der Waals surface area contributed by atoms with Gasteiger partial charge in [-0.2, -0.15) is 0 Å². The second-order valence-electron chi connectivity index (χ2n) is 5.58. The Hall–Kier alpha value is -0.410. The number of rotatable bonds is 5. The van der Waals surface area contributed by atoms with Gasteiger partial charge in [0.15, 0.2) is 5.78 Å². The minimum atomic E-state index is -0.973. The third kappa shape index (κ3) is 2.79. The molecule has 1 saturated carbocycles. The molecular weight excluding hydrogens is 192 g/mol. The van der Waals surface area contributed by atoms with Gasteiger partial charge < -0.3 is 9.84 Å². The molecule has 1 fully saturated rings. The summed E-state index contributed by atoms with van der Waals surface area (Å²) in [6.45, 7) is 5.39. The predicted octanol–water partition coefficient (Wildman–Crippen LogP) is 1.78. The van der Waals surface area contributed by atoms with Gasteiger partial charge in [-0.25, -0.2) is 0 Å². The summed E-state index contributed by atoms with van der Waals surface area (Å²) in [5.41, 5.74) is -1.44. The van der Waals surface area contributed by atoms with E-state index in [1.165, 1.54) is 7.11 Å². The van der Waals surface area contributed by atoms with Crippen molar-refractivity contribution in [1.29, 1.82) is 0 Å². The molecule has 1 aliphatic carbocycles. The molecule has 3 nitrogen and oxygen atoms in total. The Morgan fingerprint density at radius 3 is 2.20 bits per heavy atom. The number of hydrogen-bond donors (Lipinski definition) is 1. The summed E-state index contributed by atoms with van der Waals surface area (Å²) >= 11 is 0. The number of aliphatic hydroxyl groups excluding tert-OH is 1. The van der Waals surface area contributed by atoms with Crippen LogP contribution in [0.25, 0.3) is 0 Å². The van der Waals surface area contributed by atoms with Crippen molar-refractivity contribution < 1.29 is 14.6 Å². The predicted molar refractivity (Wildman–Crippen MR) is 58.6 cm³/mol. The van der Waals surface area contributed by atoms with Crippen LogP contribution in [-0.2, 0) is 9.53 Å². The van der Waals surface area contributed by atoms with Crippen LogP contribution in [0.15, 0.2) is 0 Å². The van der Waals surface area contributed by atoms with Crippen LogP contribution in [0, 0.1) is 11.3 Å². The molecule has 3 heteroatoms. The molecule has 0 spiro atoms. The van der Waals surface area contributed by atoms with Gasteiger partial charge in [-0.05, 0) is 12.3 Å². The van der Waals surface area contributed by atoms with Crippen molar-refractivity contribution in [2.45, 2.75) is 45.6 Å². The van der Waals surface area contributed by atoms with E-state index < -0.39 is 11.0 Å². The number of carbonyl (C=O) groups is 1. The zero-order valence-corrected chi connectivity index (χ0v) is 10.2. The van der Waals surface area contributed by atoms with E-state index >= 15 is 0 Å². The van der Waals surface area contributed by atoms with E-state index in [1.54, 1.807) is 0 Å². The zero-order valence-electron chi connectivity index (χ0n) is 10.2. The van der Waals surface area contributed by atoms with E-state index in [4.69, 9.17) is 4.74 Å². The van der Waals surface area contributed by atoms with Crippen LogP contribution in [0.1, 0.15) is 40.0 Å². The van der Waals surface area contributed by atoms with E-state index in [1.807, 2.05) is 20.8 Å². The Morgan fingerprint density at radius 1 is 1.40 bits per heavy atom. The molecule has 1 atom stereocenters. The molecule has 1 aliphatic rings. The molecule has 15 heavy (non-hydrogen) atoms. The Balaban J connectivity index is 2.82. The van der Waals surface area contributed by atoms with Gasteiger partial charge in [-0.1, -0.05) is 33.6 Å². The smallest absolute Gasteiger partial charge is 0.172 e. The fourth-order valence-corrected chi connectivity index (χ4v) is 1.94. The maximum absolute atomic E-state index is 12.2. The van der Waals surface area contributed by atoms with Crippen LogP contribution in [-0.4, -0.2) is 30.2 Å². The summed E-state index contributed by atoms with van der Waals surface area (Å²) in [5.74, 6) is 0.565. The first-order chi connectivity index (χ1) is 6.85. The van der Waals surface area contributed by atoms with Crippen molar-refractivity contribution >= 4 is 5.78 Å². The first-order valence-corrected chi connectivity index (χ1v) is 5.56. The third-order valence-corrected chi connectivity index (χ3v) is 3.06. The molecule has 0 saturated heterocycles. The van der Waals surface area contributed by atoms with Gasteiger partial charge in [0.2, 0.25) is 0 Å². The topological polar surface area (TPSA) is 46.5 Å². The zero-order chi connectivity index (χ0) is 11.7. The molecular formula is C12H22O3. The quantitative estimate of drug-likeness (QED) is 0.758. The Bertz CT molecular complexity index is 232. The molecule has 0 aromatic carbocycles. The van der Waals surface area contributed by atoms with E-state index in [0.717, 1.165) is 12.8 Å². The Labute approximate surface area is 91.8 Å². The van der Waals surface area contributed by atoms with Gasteiger partial charge in [-0.15, -0.1) is 0 Å². The summed E-state index contributed by atoms with van der Waals surface area (Å²) in [5, 5.41) is 9.44. The normalized spacial score (nSPS) is 21.1. The molecule has 88 valence electrons. The van der Waals surface area contributed by atoms with E-state index in [0.29, 0.717) is 12.3 Å². The molecule has 0 radical (unpaired) electrons. The summed E-state index contributed by atoms with van der Waals surface area (Å²) in [6.07, 6.45) is 2.97. The largest absolute Gasteiger partial charge is 0.393 e. The molecule has 0 aromatic rings. The standard InChI is InChI=1S/C12H22O3/c1-11(2,3)10(14)12(8-13,15-4)7-9-5-6-9/h9,13H,5-8H2,1-4H3. The maximum atomic E-state index is 12.2. The molecule has 1 unspecified atom stereocenters. The molecule has 0 aromatic heterocycles. The van der Waals surface area contributed by atoms with E-state index in [-0.39, 0.29) is 12.4 Å². The van der Waals surface area contributed by atoms with Crippen LogP contribution in [0.3, 0.4) is 0 Å². The second kappa shape index (κ2) is 4.22. The number of ketones is 1. The van der Waals surface area contributed by atoms with Crippen molar-refractivity contribution in [3.05, 3.63) is 0 Å². The van der Waals surface area contributed by atoms with E-state index in [9.17, 15) is 9.90 Å². The van der Waals surface area contributed by atoms with Crippen LogP contribution < -0.4 is 0 Å². The van der Waals surface area contributed by atoms with Crippen LogP contribution >= 0.6 is 0 Å². The van der Waals surface area contributed by atoms with Crippen molar-refractivity contribution in [3.8, 4) is 0 Å². The highest BCUT2D eigenvalue weighted by atomic mass is 16.5. The number of ether oxygens (including phenoxy) is 1. The molecule has 0 amide bonds. The Kier molecular flexibility index (Phi) is 3.56. The van der Waals surface area contributed by atoms with Crippen molar-refractivity contribution in [1.82, 2.24) is 0 Å². The molecule has 0 aliphatic heterocycles. The van der Waals surface area contributed by atoms with Gasteiger partial charge >= 0.3 is 0 Å². The number of carbonyl (C=O) groups excluding carboxylic acids is 1. The van der Waals surface area contributed by atoms with Crippen LogP contribution in [0.5, 0.6) is 0 Å². The highest BCUT2D eigenvalue weighted by Crippen LogP contribution is 2.40. The van der Waals surface area contributed by atoms with Gasteiger partial charge in [0.25, 0.3) is 0 Å². The van der Waals surface area contributed by atoms with Crippen LogP contribution in [0.4, 0.5) is 0 Å². The molecule has 0 heterocycles. The summed E-state index contributed by atoms with van der Waals surface area (Å²) in [7, 11) is 1.52. The first kappa shape index (κ1) is 12.7. The molecule has 0 bridgehead atoms. The lowest BCUT2D eigenvalue weighted by atomic mass is 9.78. The third-order valence-electron chi connectivity index (χ3n) is 3.06. The van der Waals surface area contributed by atoms with Gasteiger partial charge in [0.05, 0.1) is 6.61 Å². The molecule has 1 N–H and O–H groups in total. The molecule has 1 rings (SSSR count). The Morgan fingerprint density at radius 2 is 1.93 bits per heavy atom. The SMILES string of the molecule is COC(CO)(CC1CC1)C(=O)C(C)(C)C. The average molecular weight is 214 g/mol. The minimum absolute atomic E-state index is 0.00639. The van der Waals surface area contributed by atoms with E-state index in [2.05, 4.69) is 0 Å². The highest BCUT2D eigenvalue weighted by molar-refractivity contribution is 5.92. The fraction of sp³-hybridized carbons (Fsp3) is 0.917. The minimum Gasteiger partial charge on any atom is -0.393 e. The van der Waals surface area contributed by atoms with Crippen molar-refractivity contribution in [3.63, 3.8) is 0 Å². The van der Waals surface area contributed by atoms with Gasteiger partial charge in [0.1, 0.15) is 5.60 Å². The van der Waals surface area contributed by atoms with Crippen molar-refractivity contribution in [2.75, 3.05) is 13.7 Å². The summed E-state index contributed by atoms with van der Waals surface area (Å²) < 4.78 is 5.33. The average Bonchev–Trinajstić information content (AvgIpc) is 2.95. The van der Waals surface area contributed by atoms with Crippen LogP contribution in [0.2, 0.25) is 0 Å². The number of aliphatic hydroxyl groups is 1. The number of Topliss-reactive ketones (excluding diaryl/α,β-unsaturated/α-hetero) is 1. The highest BCUT2D eigenvalue weighted by Gasteiger charge is 2.46. The summed E-state index contributed by atoms with van der Waals surface area (Å²) in [6, 6.07) is 0.